The normalized spacial score (nSPS) is 12.0. The molecule has 1 aromatic carbocycles. The summed E-state index contributed by atoms with van der Waals surface area (Å²) in [7, 11) is 1.40. The van der Waals surface area contributed by atoms with Crippen molar-refractivity contribution in [2.24, 2.45) is 0 Å². The summed E-state index contributed by atoms with van der Waals surface area (Å²) < 4.78 is 20.1. The minimum atomic E-state index is -0.466. The molecule has 23 heavy (non-hydrogen) atoms. The second-order valence-electron chi connectivity index (χ2n) is 5.23. The maximum absolute atomic E-state index is 13.7. The Hall–Kier alpha value is -2.15. The highest BCUT2D eigenvalue weighted by Gasteiger charge is 2.13. The molecule has 5 nitrogen and oxygen atoms in total. The minimum absolute atomic E-state index is 0.0689. The molecule has 0 aliphatic carbocycles. The standard InChI is InChI=1S/C16H19FN2O3S/c1-10-9-23-16(21)19(10)7-6-15(20)18-11(2)12-4-5-14(22-3)13(17)8-12/h4-5,8-9,11H,6-7H2,1-3H3,(H,18,20)/t11-/m0/s1. The summed E-state index contributed by atoms with van der Waals surface area (Å²) in [6, 6.07) is 4.25. The average molecular weight is 338 g/mol. The van der Waals surface area contributed by atoms with Crippen LogP contribution >= 0.6 is 11.3 Å². The van der Waals surface area contributed by atoms with Crippen molar-refractivity contribution in [1.82, 2.24) is 9.88 Å². The lowest BCUT2D eigenvalue weighted by Crippen LogP contribution is -2.28. The summed E-state index contributed by atoms with van der Waals surface area (Å²) in [5, 5.41) is 4.57. The van der Waals surface area contributed by atoms with E-state index in [9.17, 15) is 14.0 Å². The van der Waals surface area contributed by atoms with Crippen LogP contribution in [0.1, 0.15) is 30.6 Å². The van der Waals surface area contributed by atoms with Crippen molar-refractivity contribution >= 4 is 17.2 Å². The van der Waals surface area contributed by atoms with E-state index < -0.39 is 5.82 Å². The Kier molecular flexibility index (Phi) is 5.54. The van der Waals surface area contributed by atoms with Crippen LogP contribution in [0.25, 0.3) is 0 Å². The molecule has 0 saturated carbocycles. The SMILES string of the molecule is COc1ccc([C@H](C)NC(=O)CCn2c(C)csc2=O)cc1F. The number of nitrogens with zero attached hydrogens (tertiary/aromatic N) is 1. The molecule has 7 heteroatoms. The molecule has 0 aliphatic rings. The van der Waals surface area contributed by atoms with Crippen LogP contribution in [0.3, 0.4) is 0 Å². The maximum atomic E-state index is 13.7. The summed E-state index contributed by atoms with van der Waals surface area (Å²) >= 11 is 1.12. The first-order valence-corrected chi connectivity index (χ1v) is 8.08. The van der Waals surface area contributed by atoms with E-state index >= 15 is 0 Å². The van der Waals surface area contributed by atoms with Crippen molar-refractivity contribution in [2.45, 2.75) is 32.9 Å². The molecule has 0 aliphatic heterocycles. The summed E-state index contributed by atoms with van der Waals surface area (Å²) in [6.07, 6.45) is 0.195. The molecule has 2 rings (SSSR count). The van der Waals surface area contributed by atoms with Gasteiger partial charge >= 0.3 is 4.87 Å². The number of rotatable bonds is 6. The van der Waals surface area contributed by atoms with E-state index in [1.807, 2.05) is 6.92 Å². The van der Waals surface area contributed by atoms with Gasteiger partial charge < -0.3 is 14.6 Å². The number of amides is 1. The monoisotopic (exact) mass is 338 g/mol. The molecule has 1 heterocycles. The van der Waals surface area contributed by atoms with Gasteiger partial charge in [-0.25, -0.2) is 4.39 Å². The van der Waals surface area contributed by atoms with Gasteiger partial charge in [0.05, 0.1) is 13.2 Å². The number of hydrogen-bond donors (Lipinski definition) is 1. The van der Waals surface area contributed by atoms with Gasteiger partial charge in [0, 0.05) is 24.0 Å². The molecule has 2 aromatic rings. The zero-order valence-electron chi connectivity index (χ0n) is 13.3. The van der Waals surface area contributed by atoms with Crippen molar-refractivity contribution in [3.05, 3.63) is 50.3 Å². The van der Waals surface area contributed by atoms with Crippen molar-refractivity contribution in [2.75, 3.05) is 7.11 Å². The lowest BCUT2D eigenvalue weighted by Gasteiger charge is -2.15. The molecule has 0 spiro atoms. The topological polar surface area (TPSA) is 60.3 Å². The van der Waals surface area contributed by atoms with Gasteiger partial charge in [-0.1, -0.05) is 17.4 Å². The van der Waals surface area contributed by atoms with Crippen LogP contribution in [0.15, 0.2) is 28.4 Å². The van der Waals surface area contributed by atoms with Crippen molar-refractivity contribution < 1.29 is 13.9 Å². The zero-order valence-corrected chi connectivity index (χ0v) is 14.1. The van der Waals surface area contributed by atoms with E-state index in [4.69, 9.17) is 4.74 Å². The number of hydrogen-bond acceptors (Lipinski definition) is 4. The van der Waals surface area contributed by atoms with Crippen LogP contribution in [0.2, 0.25) is 0 Å². The third kappa shape index (κ3) is 4.19. The first-order chi connectivity index (χ1) is 10.9. The zero-order chi connectivity index (χ0) is 17.0. The number of ether oxygens (including phenoxy) is 1. The summed E-state index contributed by atoms with van der Waals surface area (Å²) in [5.74, 6) is -0.489. The van der Waals surface area contributed by atoms with E-state index in [0.717, 1.165) is 17.0 Å². The largest absolute Gasteiger partial charge is 0.494 e. The van der Waals surface area contributed by atoms with Gasteiger partial charge in [-0.3, -0.25) is 9.59 Å². The van der Waals surface area contributed by atoms with Crippen molar-refractivity contribution in [3.8, 4) is 5.75 Å². The summed E-state index contributed by atoms with van der Waals surface area (Å²) in [5.41, 5.74) is 1.50. The van der Waals surface area contributed by atoms with E-state index in [1.54, 1.807) is 22.9 Å². The fourth-order valence-corrected chi connectivity index (χ4v) is 3.00. The second kappa shape index (κ2) is 7.41. The second-order valence-corrected chi connectivity index (χ2v) is 6.05. The number of aryl methyl sites for hydroxylation is 1. The summed E-state index contributed by atoms with van der Waals surface area (Å²) in [6.45, 7) is 3.95. The number of halogens is 1. The lowest BCUT2D eigenvalue weighted by molar-refractivity contribution is -0.121. The molecule has 1 atom stereocenters. The van der Waals surface area contributed by atoms with E-state index in [1.165, 1.54) is 19.2 Å². The molecular formula is C16H19FN2O3S. The predicted octanol–water partition coefficient (Wildman–Crippen LogP) is 2.63. The third-order valence-electron chi connectivity index (χ3n) is 3.59. The van der Waals surface area contributed by atoms with Gasteiger partial charge in [0.25, 0.3) is 0 Å². The molecule has 124 valence electrons. The fraction of sp³-hybridized carbons (Fsp3) is 0.375. The van der Waals surface area contributed by atoms with Crippen molar-refractivity contribution in [3.63, 3.8) is 0 Å². The Morgan fingerprint density at radius 1 is 1.48 bits per heavy atom. The number of carbonyl (C=O) groups is 1. The van der Waals surface area contributed by atoms with Crippen LogP contribution in [0, 0.1) is 12.7 Å². The molecule has 0 bridgehead atoms. The lowest BCUT2D eigenvalue weighted by atomic mass is 10.1. The van der Waals surface area contributed by atoms with Gasteiger partial charge in [-0.05, 0) is 31.5 Å². The Morgan fingerprint density at radius 3 is 2.78 bits per heavy atom. The van der Waals surface area contributed by atoms with Crippen LogP contribution in [-0.4, -0.2) is 17.6 Å². The van der Waals surface area contributed by atoms with Crippen LogP contribution in [0.4, 0.5) is 4.39 Å². The maximum Gasteiger partial charge on any atom is 0.307 e. The van der Waals surface area contributed by atoms with Crippen molar-refractivity contribution in [1.29, 1.82) is 0 Å². The number of aromatic nitrogens is 1. The number of benzene rings is 1. The van der Waals surface area contributed by atoms with Gasteiger partial charge in [0.15, 0.2) is 11.6 Å². The minimum Gasteiger partial charge on any atom is -0.494 e. The van der Waals surface area contributed by atoms with Crippen LogP contribution < -0.4 is 14.9 Å². The highest BCUT2D eigenvalue weighted by Crippen LogP contribution is 2.21. The molecule has 0 fully saturated rings. The molecule has 0 unspecified atom stereocenters. The molecule has 0 radical (unpaired) electrons. The number of carbonyl (C=O) groups excluding carboxylic acids is 1. The Bertz CT molecular complexity index is 754. The molecule has 1 amide bonds. The van der Waals surface area contributed by atoms with Gasteiger partial charge in [0.1, 0.15) is 0 Å². The number of thiazole rings is 1. The molecule has 0 saturated heterocycles. The fourth-order valence-electron chi connectivity index (χ4n) is 2.24. The first kappa shape index (κ1) is 17.2. The Balaban J connectivity index is 1.94. The van der Waals surface area contributed by atoms with Gasteiger partial charge in [-0.2, -0.15) is 0 Å². The van der Waals surface area contributed by atoms with E-state index in [0.29, 0.717) is 12.1 Å². The molecule has 1 N–H and O–H groups in total. The predicted molar refractivity (Wildman–Crippen MR) is 87.4 cm³/mol. The quantitative estimate of drug-likeness (QED) is 0.881. The number of methoxy groups -OCH3 is 1. The van der Waals surface area contributed by atoms with Crippen LogP contribution in [-0.2, 0) is 11.3 Å². The number of nitrogens with one attached hydrogen (secondary N) is 1. The van der Waals surface area contributed by atoms with E-state index in [2.05, 4.69) is 5.32 Å². The highest BCUT2D eigenvalue weighted by molar-refractivity contribution is 7.07. The molecule has 1 aromatic heterocycles. The Morgan fingerprint density at radius 2 is 2.22 bits per heavy atom. The van der Waals surface area contributed by atoms with E-state index in [-0.39, 0.29) is 29.0 Å². The summed E-state index contributed by atoms with van der Waals surface area (Å²) in [4.78, 5) is 23.5. The smallest absolute Gasteiger partial charge is 0.307 e. The highest BCUT2D eigenvalue weighted by atomic mass is 32.1. The third-order valence-corrected chi connectivity index (χ3v) is 4.47. The van der Waals surface area contributed by atoms with Gasteiger partial charge in [-0.15, -0.1) is 0 Å². The Labute approximate surface area is 137 Å². The van der Waals surface area contributed by atoms with Gasteiger partial charge in [0.2, 0.25) is 5.91 Å². The average Bonchev–Trinajstić information content (AvgIpc) is 2.83. The first-order valence-electron chi connectivity index (χ1n) is 7.20. The molecular weight excluding hydrogens is 319 g/mol. The van der Waals surface area contributed by atoms with Crippen LogP contribution in [0.5, 0.6) is 5.75 Å².